The molecule has 2 aromatic rings. The Balaban J connectivity index is 1.89. The van der Waals surface area contributed by atoms with Crippen molar-refractivity contribution in [3.8, 4) is 6.07 Å². The summed E-state index contributed by atoms with van der Waals surface area (Å²) in [6.07, 6.45) is 4.48. The van der Waals surface area contributed by atoms with Crippen LogP contribution in [-0.2, 0) is 6.42 Å². The van der Waals surface area contributed by atoms with E-state index in [1.54, 1.807) is 6.07 Å². The lowest BCUT2D eigenvalue weighted by Crippen LogP contribution is -2.35. The fraction of sp³-hybridized carbons (Fsp3) is 0.300. The molecular weight excluding hydrogens is 284 g/mol. The monoisotopic (exact) mass is 302 g/mol. The minimum Gasteiger partial charge on any atom is -0.368 e. The van der Waals surface area contributed by atoms with E-state index >= 15 is 0 Å². The molecular formula is C20H18N2O. The van der Waals surface area contributed by atoms with Crippen LogP contribution in [0.5, 0.6) is 0 Å². The summed E-state index contributed by atoms with van der Waals surface area (Å²) in [7, 11) is 0. The summed E-state index contributed by atoms with van der Waals surface area (Å²) >= 11 is 0. The van der Waals surface area contributed by atoms with Crippen LogP contribution in [0.25, 0.3) is 0 Å². The first kappa shape index (κ1) is 14.0. The molecule has 23 heavy (non-hydrogen) atoms. The van der Waals surface area contributed by atoms with Crippen LogP contribution < -0.4 is 4.90 Å². The molecule has 0 radical (unpaired) electrons. The van der Waals surface area contributed by atoms with Crippen LogP contribution >= 0.6 is 0 Å². The maximum Gasteiger partial charge on any atom is 0.195 e. The normalized spacial score (nSPS) is 18.9. The SMILES string of the molecule is N#Cc1cc2c(c(C(=O)c3ccccc3)c1)N1CCCC1CC2. The third-order valence-corrected chi connectivity index (χ3v) is 5.01. The molecule has 3 nitrogen and oxygen atoms in total. The van der Waals surface area contributed by atoms with Gasteiger partial charge in [0.1, 0.15) is 0 Å². The molecule has 0 aliphatic carbocycles. The summed E-state index contributed by atoms with van der Waals surface area (Å²) in [5.74, 6) is 0.0199. The zero-order chi connectivity index (χ0) is 15.8. The van der Waals surface area contributed by atoms with Crippen molar-refractivity contribution in [2.75, 3.05) is 11.4 Å². The highest BCUT2D eigenvalue weighted by atomic mass is 16.1. The Morgan fingerprint density at radius 2 is 2.00 bits per heavy atom. The molecule has 3 heteroatoms. The number of carbonyl (C=O) groups is 1. The van der Waals surface area contributed by atoms with Crippen molar-refractivity contribution in [2.45, 2.75) is 31.7 Å². The van der Waals surface area contributed by atoms with Crippen molar-refractivity contribution in [3.63, 3.8) is 0 Å². The van der Waals surface area contributed by atoms with Crippen molar-refractivity contribution in [3.05, 3.63) is 64.7 Å². The van der Waals surface area contributed by atoms with Crippen molar-refractivity contribution in [1.82, 2.24) is 0 Å². The average Bonchev–Trinajstić information content (AvgIpc) is 3.09. The van der Waals surface area contributed by atoms with Crippen LogP contribution in [0.4, 0.5) is 5.69 Å². The Hall–Kier alpha value is -2.60. The van der Waals surface area contributed by atoms with Crippen molar-refractivity contribution in [1.29, 1.82) is 5.26 Å². The van der Waals surface area contributed by atoms with Gasteiger partial charge in [0, 0.05) is 23.7 Å². The molecule has 0 bridgehead atoms. The number of aryl methyl sites for hydroxylation is 1. The van der Waals surface area contributed by atoms with E-state index in [2.05, 4.69) is 11.0 Å². The largest absolute Gasteiger partial charge is 0.368 e. The number of anilines is 1. The Morgan fingerprint density at radius 3 is 2.78 bits per heavy atom. The first-order valence-electron chi connectivity index (χ1n) is 8.21. The van der Waals surface area contributed by atoms with Gasteiger partial charge in [0.2, 0.25) is 0 Å². The third kappa shape index (κ3) is 2.31. The fourth-order valence-electron chi connectivity index (χ4n) is 3.96. The number of ketones is 1. The lowest BCUT2D eigenvalue weighted by molar-refractivity contribution is 0.103. The Labute approximate surface area is 136 Å². The molecule has 4 rings (SSSR count). The first-order chi connectivity index (χ1) is 11.3. The van der Waals surface area contributed by atoms with Gasteiger partial charge in [-0.2, -0.15) is 5.26 Å². The second kappa shape index (κ2) is 5.55. The van der Waals surface area contributed by atoms with Crippen molar-refractivity contribution in [2.24, 2.45) is 0 Å². The Kier molecular flexibility index (Phi) is 3.38. The number of rotatable bonds is 2. The molecule has 0 amide bonds. The fourth-order valence-corrected chi connectivity index (χ4v) is 3.96. The Morgan fingerprint density at radius 1 is 1.17 bits per heavy atom. The highest BCUT2D eigenvalue weighted by Crippen LogP contribution is 2.40. The third-order valence-electron chi connectivity index (χ3n) is 5.01. The predicted molar refractivity (Wildman–Crippen MR) is 89.7 cm³/mol. The quantitative estimate of drug-likeness (QED) is 0.794. The maximum atomic E-state index is 13.0. The topological polar surface area (TPSA) is 44.1 Å². The number of nitriles is 1. The standard InChI is InChI=1S/C20H18N2O/c21-13-14-11-16-8-9-17-7-4-10-22(17)19(16)18(12-14)20(23)15-5-2-1-3-6-15/h1-3,5-6,11-12,17H,4,7-10H2. The van der Waals surface area contributed by atoms with E-state index in [1.165, 1.54) is 12.8 Å². The van der Waals surface area contributed by atoms with Crippen molar-refractivity contribution < 1.29 is 4.79 Å². The lowest BCUT2D eigenvalue weighted by atomic mass is 9.89. The van der Waals surface area contributed by atoms with E-state index < -0.39 is 0 Å². The molecule has 1 fully saturated rings. The molecule has 2 aliphatic heterocycles. The number of hydrogen-bond donors (Lipinski definition) is 0. The molecule has 2 heterocycles. The minimum atomic E-state index is 0.0199. The molecule has 0 N–H and O–H groups in total. The molecule has 0 saturated carbocycles. The second-order valence-electron chi connectivity index (χ2n) is 6.37. The van der Waals surface area contributed by atoms with Crippen LogP contribution in [0.2, 0.25) is 0 Å². The summed E-state index contributed by atoms with van der Waals surface area (Å²) in [6, 6.07) is 15.9. The summed E-state index contributed by atoms with van der Waals surface area (Å²) in [6.45, 7) is 1.01. The van der Waals surface area contributed by atoms with Gasteiger partial charge in [0.25, 0.3) is 0 Å². The van der Waals surface area contributed by atoms with E-state index in [9.17, 15) is 10.1 Å². The number of benzene rings is 2. The van der Waals surface area contributed by atoms with Gasteiger partial charge < -0.3 is 4.90 Å². The second-order valence-corrected chi connectivity index (χ2v) is 6.37. The minimum absolute atomic E-state index is 0.0199. The predicted octanol–water partition coefficient (Wildman–Crippen LogP) is 3.70. The zero-order valence-corrected chi connectivity index (χ0v) is 13.0. The van der Waals surface area contributed by atoms with Gasteiger partial charge in [-0.3, -0.25) is 4.79 Å². The van der Waals surface area contributed by atoms with Crippen LogP contribution in [0.1, 0.15) is 46.3 Å². The van der Waals surface area contributed by atoms with Gasteiger partial charge in [-0.05, 0) is 43.4 Å². The first-order valence-corrected chi connectivity index (χ1v) is 8.21. The molecule has 2 aliphatic rings. The van der Waals surface area contributed by atoms with E-state index in [0.29, 0.717) is 22.7 Å². The summed E-state index contributed by atoms with van der Waals surface area (Å²) < 4.78 is 0. The van der Waals surface area contributed by atoms with Crippen LogP contribution in [0.15, 0.2) is 42.5 Å². The highest BCUT2D eigenvalue weighted by molar-refractivity contribution is 6.13. The van der Waals surface area contributed by atoms with Gasteiger partial charge in [-0.15, -0.1) is 0 Å². The van der Waals surface area contributed by atoms with E-state index in [0.717, 1.165) is 30.6 Å². The number of carbonyl (C=O) groups excluding carboxylic acids is 1. The van der Waals surface area contributed by atoms with Crippen LogP contribution in [-0.4, -0.2) is 18.4 Å². The van der Waals surface area contributed by atoms with E-state index in [1.807, 2.05) is 36.4 Å². The van der Waals surface area contributed by atoms with Gasteiger partial charge in [0.15, 0.2) is 5.78 Å². The summed E-state index contributed by atoms with van der Waals surface area (Å²) in [5.41, 5.74) is 4.19. The maximum absolute atomic E-state index is 13.0. The van der Waals surface area contributed by atoms with Crippen molar-refractivity contribution >= 4 is 11.5 Å². The molecule has 1 atom stereocenters. The van der Waals surface area contributed by atoms with Crippen LogP contribution in [0.3, 0.4) is 0 Å². The molecule has 1 saturated heterocycles. The highest BCUT2D eigenvalue weighted by Gasteiger charge is 2.33. The number of hydrogen-bond acceptors (Lipinski definition) is 3. The zero-order valence-electron chi connectivity index (χ0n) is 13.0. The summed E-state index contributed by atoms with van der Waals surface area (Å²) in [5, 5.41) is 9.33. The molecule has 0 aromatic heterocycles. The van der Waals surface area contributed by atoms with Gasteiger partial charge >= 0.3 is 0 Å². The van der Waals surface area contributed by atoms with E-state index in [-0.39, 0.29) is 5.78 Å². The smallest absolute Gasteiger partial charge is 0.195 e. The van der Waals surface area contributed by atoms with Crippen LogP contribution in [0, 0.1) is 11.3 Å². The molecule has 0 spiro atoms. The molecule has 1 unspecified atom stereocenters. The summed E-state index contributed by atoms with van der Waals surface area (Å²) in [4.78, 5) is 15.4. The van der Waals surface area contributed by atoms with Gasteiger partial charge in [0.05, 0.1) is 17.3 Å². The van der Waals surface area contributed by atoms with Gasteiger partial charge in [-0.1, -0.05) is 30.3 Å². The van der Waals surface area contributed by atoms with Gasteiger partial charge in [-0.25, -0.2) is 0 Å². The van der Waals surface area contributed by atoms with E-state index in [4.69, 9.17) is 0 Å². The molecule has 114 valence electrons. The number of fused-ring (bicyclic) bond motifs is 3. The molecule has 2 aromatic carbocycles. The number of nitrogens with zero attached hydrogens (tertiary/aromatic N) is 2. The average molecular weight is 302 g/mol. The Bertz CT molecular complexity index is 804. The lowest BCUT2D eigenvalue weighted by Gasteiger charge is -2.35.